The number of thiophene rings is 1. The van der Waals surface area contributed by atoms with Gasteiger partial charge < -0.3 is 15.7 Å². The average Bonchev–Trinajstić information content (AvgIpc) is 3.21. The van der Waals surface area contributed by atoms with Gasteiger partial charge in [0.25, 0.3) is 5.91 Å². The molecule has 140 valence electrons. The van der Waals surface area contributed by atoms with Crippen LogP contribution in [0.2, 0.25) is 0 Å². The molecule has 2 amide bonds. The summed E-state index contributed by atoms with van der Waals surface area (Å²) >= 11 is 2.35. The maximum absolute atomic E-state index is 12.6. The van der Waals surface area contributed by atoms with Gasteiger partial charge in [0.05, 0.1) is 16.6 Å². The van der Waals surface area contributed by atoms with Crippen LogP contribution in [0.4, 0.5) is 0 Å². The van der Waals surface area contributed by atoms with Crippen molar-refractivity contribution in [3.63, 3.8) is 0 Å². The van der Waals surface area contributed by atoms with Gasteiger partial charge in [-0.3, -0.25) is 9.59 Å². The second-order valence-corrected chi connectivity index (χ2v) is 8.15. The number of carbonyl (C=O) groups excluding carboxylic acids is 2. The van der Waals surface area contributed by atoms with E-state index in [1.54, 1.807) is 31.4 Å². The zero-order valence-electron chi connectivity index (χ0n) is 14.9. The minimum atomic E-state index is -1.03. The molecule has 0 saturated heterocycles. The van der Waals surface area contributed by atoms with E-state index < -0.39 is 18.1 Å². The van der Waals surface area contributed by atoms with Gasteiger partial charge in [0.1, 0.15) is 15.9 Å². The van der Waals surface area contributed by atoms with Gasteiger partial charge in [0, 0.05) is 0 Å². The molecule has 0 aliphatic carbocycles. The molecule has 0 fully saturated rings. The van der Waals surface area contributed by atoms with Crippen LogP contribution in [0.3, 0.4) is 0 Å². The lowest BCUT2D eigenvalue weighted by Gasteiger charge is -2.23. The SMILES string of the molecule is Cc1nc(C(C)NC(=O)C(NC(=O)c2cccs2)C(C)C)sc1C(=O)O. The Hall–Kier alpha value is -2.26. The number of carboxylic acids is 1. The van der Waals surface area contributed by atoms with Crippen LogP contribution in [-0.2, 0) is 4.79 Å². The lowest BCUT2D eigenvalue weighted by atomic mass is 10.0. The molecule has 0 saturated carbocycles. The molecular formula is C17H21N3O4S2. The highest BCUT2D eigenvalue weighted by Crippen LogP contribution is 2.23. The molecule has 2 unspecified atom stereocenters. The van der Waals surface area contributed by atoms with E-state index in [1.165, 1.54) is 11.3 Å². The van der Waals surface area contributed by atoms with Crippen LogP contribution in [0.15, 0.2) is 17.5 Å². The number of thiazole rings is 1. The first kappa shape index (κ1) is 20.1. The van der Waals surface area contributed by atoms with Crippen molar-refractivity contribution in [2.75, 3.05) is 0 Å². The fraction of sp³-hybridized carbons (Fsp3) is 0.412. The third-order valence-corrected chi connectivity index (χ3v) is 5.91. The van der Waals surface area contributed by atoms with Crippen molar-refractivity contribution in [1.29, 1.82) is 0 Å². The van der Waals surface area contributed by atoms with E-state index in [2.05, 4.69) is 15.6 Å². The zero-order chi connectivity index (χ0) is 19.4. The maximum Gasteiger partial charge on any atom is 0.347 e. The zero-order valence-corrected chi connectivity index (χ0v) is 16.5. The summed E-state index contributed by atoms with van der Waals surface area (Å²) in [7, 11) is 0. The highest BCUT2D eigenvalue weighted by atomic mass is 32.1. The van der Waals surface area contributed by atoms with E-state index >= 15 is 0 Å². The first-order valence-electron chi connectivity index (χ1n) is 8.06. The average molecular weight is 396 g/mol. The number of carbonyl (C=O) groups is 3. The van der Waals surface area contributed by atoms with Gasteiger partial charge >= 0.3 is 5.97 Å². The Morgan fingerprint density at radius 2 is 1.88 bits per heavy atom. The van der Waals surface area contributed by atoms with Crippen LogP contribution >= 0.6 is 22.7 Å². The van der Waals surface area contributed by atoms with Crippen molar-refractivity contribution < 1.29 is 19.5 Å². The van der Waals surface area contributed by atoms with Crippen molar-refractivity contribution >= 4 is 40.5 Å². The molecule has 26 heavy (non-hydrogen) atoms. The van der Waals surface area contributed by atoms with Crippen LogP contribution in [0.1, 0.15) is 56.9 Å². The number of hydrogen-bond donors (Lipinski definition) is 3. The lowest BCUT2D eigenvalue weighted by Crippen LogP contribution is -2.50. The fourth-order valence-corrected chi connectivity index (χ4v) is 3.86. The van der Waals surface area contributed by atoms with Gasteiger partial charge in [0.2, 0.25) is 5.91 Å². The topological polar surface area (TPSA) is 108 Å². The number of aromatic nitrogens is 1. The molecule has 2 heterocycles. The van der Waals surface area contributed by atoms with Crippen molar-refractivity contribution in [3.8, 4) is 0 Å². The predicted molar refractivity (Wildman–Crippen MR) is 101 cm³/mol. The molecule has 0 aliphatic heterocycles. The molecule has 2 atom stereocenters. The van der Waals surface area contributed by atoms with E-state index in [0.29, 0.717) is 15.6 Å². The number of nitrogens with zero attached hydrogens (tertiary/aromatic N) is 1. The number of aromatic carboxylic acids is 1. The van der Waals surface area contributed by atoms with Crippen molar-refractivity contribution in [2.24, 2.45) is 5.92 Å². The first-order chi connectivity index (χ1) is 12.2. The molecule has 2 rings (SSSR count). The van der Waals surface area contributed by atoms with E-state index in [0.717, 1.165) is 11.3 Å². The summed E-state index contributed by atoms with van der Waals surface area (Å²) in [6, 6.07) is 2.31. The number of hydrogen-bond acceptors (Lipinski definition) is 6. The molecule has 9 heteroatoms. The number of carboxylic acid groups (broad SMARTS) is 1. The summed E-state index contributed by atoms with van der Waals surface area (Å²) in [6.45, 7) is 7.05. The smallest absolute Gasteiger partial charge is 0.347 e. The van der Waals surface area contributed by atoms with Crippen LogP contribution in [0.25, 0.3) is 0 Å². The van der Waals surface area contributed by atoms with Crippen LogP contribution in [0, 0.1) is 12.8 Å². The normalized spacial score (nSPS) is 13.3. The number of amides is 2. The van der Waals surface area contributed by atoms with Crippen molar-refractivity contribution in [3.05, 3.63) is 38.0 Å². The highest BCUT2D eigenvalue weighted by Gasteiger charge is 2.27. The highest BCUT2D eigenvalue weighted by molar-refractivity contribution is 7.13. The van der Waals surface area contributed by atoms with Crippen LogP contribution in [-0.4, -0.2) is 33.9 Å². The van der Waals surface area contributed by atoms with E-state index in [1.807, 2.05) is 13.8 Å². The molecule has 2 aromatic rings. The predicted octanol–water partition coefficient (Wildman–Crippen LogP) is 2.84. The first-order valence-corrected chi connectivity index (χ1v) is 9.75. The molecule has 7 nitrogen and oxygen atoms in total. The maximum atomic E-state index is 12.6. The Balaban J connectivity index is 2.08. The molecule has 0 spiro atoms. The quantitative estimate of drug-likeness (QED) is 0.668. The Labute approximate surface area is 159 Å². The van der Waals surface area contributed by atoms with Gasteiger partial charge in [-0.25, -0.2) is 9.78 Å². The van der Waals surface area contributed by atoms with Crippen LogP contribution < -0.4 is 10.6 Å². The molecule has 0 radical (unpaired) electrons. The second-order valence-electron chi connectivity index (χ2n) is 6.17. The largest absolute Gasteiger partial charge is 0.477 e. The fourth-order valence-electron chi connectivity index (χ4n) is 2.32. The minimum absolute atomic E-state index is 0.112. The summed E-state index contributed by atoms with van der Waals surface area (Å²) in [5.41, 5.74) is 0.421. The number of rotatable bonds is 7. The number of aryl methyl sites for hydroxylation is 1. The molecule has 0 aliphatic rings. The summed E-state index contributed by atoms with van der Waals surface area (Å²) in [5, 5.41) is 17.0. The Morgan fingerprint density at radius 3 is 2.38 bits per heavy atom. The molecular weight excluding hydrogens is 374 g/mol. The second kappa shape index (κ2) is 8.41. The van der Waals surface area contributed by atoms with Gasteiger partial charge in [-0.15, -0.1) is 22.7 Å². The van der Waals surface area contributed by atoms with E-state index in [4.69, 9.17) is 5.11 Å². The summed E-state index contributed by atoms with van der Waals surface area (Å²) in [5.74, 6) is -1.77. The van der Waals surface area contributed by atoms with Crippen LogP contribution in [0.5, 0.6) is 0 Å². The van der Waals surface area contributed by atoms with Gasteiger partial charge in [-0.2, -0.15) is 0 Å². The molecule has 2 aromatic heterocycles. The minimum Gasteiger partial charge on any atom is -0.477 e. The standard InChI is InChI=1S/C17H21N3O4S2/c1-8(2)12(20-14(21)11-6-5-7-25-11)15(22)18-10(4)16-19-9(3)13(26-16)17(23)24/h5-8,10,12H,1-4H3,(H,18,22)(H,20,21)(H,23,24). The van der Waals surface area contributed by atoms with Gasteiger partial charge in [-0.1, -0.05) is 19.9 Å². The monoisotopic (exact) mass is 395 g/mol. The van der Waals surface area contributed by atoms with Crippen molar-refractivity contribution in [2.45, 2.75) is 39.8 Å². The summed E-state index contributed by atoms with van der Waals surface area (Å²) in [4.78, 5) is 41.0. The summed E-state index contributed by atoms with van der Waals surface area (Å²) < 4.78 is 0. The Morgan fingerprint density at radius 1 is 1.19 bits per heavy atom. The Kier molecular flexibility index (Phi) is 6.49. The van der Waals surface area contributed by atoms with Crippen molar-refractivity contribution in [1.82, 2.24) is 15.6 Å². The number of nitrogens with one attached hydrogen (secondary N) is 2. The van der Waals surface area contributed by atoms with E-state index in [-0.39, 0.29) is 22.6 Å². The third kappa shape index (κ3) is 4.67. The third-order valence-electron chi connectivity index (χ3n) is 3.72. The van der Waals surface area contributed by atoms with E-state index in [9.17, 15) is 14.4 Å². The summed E-state index contributed by atoms with van der Waals surface area (Å²) in [6.07, 6.45) is 0. The molecule has 3 N–H and O–H groups in total. The van der Waals surface area contributed by atoms with Gasteiger partial charge in [-0.05, 0) is 31.2 Å². The molecule has 0 bridgehead atoms. The molecule has 0 aromatic carbocycles. The lowest BCUT2D eigenvalue weighted by molar-refractivity contribution is -0.124. The van der Waals surface area contributed by atoms with Gasteiger partial charge in [0.15, 0.2) is 0 Å². The Bertz CT molecular complexity index is 799.